The number of hydrogen-bond acceptors (Lipinski definition) is 4. The highest BCUT2D eigenvalue weighted by Gasteiger charge is 2.55. The fourth-order valence-corrected chi connectivity index (χ4v) is 2.80. The van der Waals surface area contributed by atoms with Gasteiger partial charge in [0.15, 0.2) is 0 Å². The van der Waals surface area contributed by atoms with Crippen LogP contribution in [0.3, 0.4) is 0 Å². The van der Waals surface area contributed by atoms with E-state index in [4.69, 9.17) is 14.6 Å². The van der Waals surface area contributed by atoms with Gasteiger partial charge < -0.3 is 19.9 Å². The zero-order valence-corrected chi connectivity index (χ0v) is 12.6. The lowest BCUT2D eigenvalue weighted by molar-refractivity contribution is -0.143. The first-order chi connectivity index (χ1) is 10.5. The molecule has 0 spiro atoms. The Balaban J connectivity index is 1.71. The minimum atomic E-state index is -1.03. The number of ether oxygens (including phenoxy) is 2. The molecule has 0 radical (unpaired) electrons. The molecule has 2 atom stereocenters. The lowest BCUT2D eigenvalue weighted by Gasteiger charge is -2.13. The first-order valence-corrected chi connectivity index (χ1v) is 7.28. The van der Waals surface area contributed by atoms with Crippen molar-refractivity contribution in [2.75, 3.05) is 14.2 Å². The van der Waals surface area contributed by atoms with Crippen LogP contribution in [-0.4, -0.2) is 36.7 Å². The Morgan fingerprint density at radius 2 is 2.00 bits per heavy atom. The van der Waals surface area contributed by atoms with Crippen molar-refractivity contribution in [3.05, 3.63) is 23.8 Å². The summed E-state index contributed by atoms with van der Waals surface area (Å²) in [5.74, 6) is 0.158. The van der Waals surface area contributed by atoms with Crippen LogP contribution in [0.4, 0.5) is 0 Å². The number of carboxylic acids is 1. The second-order valence-corrected chi connectivity index (χ2v) is 5.93. The van der Waals surface area contributed by atoms with Crippen LogP contribution in [0.5, 0.6) is 11.5 Å². The molecule has 0 bridgehead atoms. The van der Waals surface area contributed by atoms with Crippen LogP contribution in [0, 0.1) is 5.92 Å². The van der Waals surface area contributed by atoms with Gasteiger partial charge in [0.1, 0.15) is 17.0 Å². The average Bonchev–Trinajstić information content (AvgIpc) is 3.40. The number of carbonyl (C=O) groups is 2. The van der Waals surface area contributed by atoms with Crippen molar-refractivity contribution in [1.29, 1.82) is 0 Å². The maximum absolute atomic E-state index is 12.3. The highest BCUT2D eigenvalue weighted by molar-refractivity contribution is 5.92. The van der Waals surface area contributed by atoms with Crippen LogP contribution in [0.15, 0.2) is 18.2 Å². The van der Waals surface area contributed by atoms with Crippen LogP contribution < -0.4 is 14.8 Å². The Morgan fingerprint density at radius 3 is 2.55 bits per heavy atom. The number of amides is 1. The Bertz CT molecular complexity index is 623. The maximum Gasteiger partial charge on any atom is 0.329 e. The van der Waals surface area contributed by atoms with Crippen molar-refractivity contribution in [3.63, 3.8) is 0 Å². The summed E-state index contributed by atoms with van der Waals surface area (Å²) in [6, 6.07) is 5.51. The van der Waals surface area contributed by atoms with Crippen molar-refractivity contribution in [2.45, 2.75) is 30.7 Å². The lowest BCUT2D eigenvalue weighted by atomic mass is 10.1. The number of methoxy groups -OCH3 is 2. The smallest absolute Gasteiger partial charge is 0.329 e. The van der Waals surface area contributed by atoms with Crippen molar-refractivity contribution in [1.82, 2.24) is 5.32 Å². The highest BCUT2D eigenvalue weighted by Crippen LogP contribution is 2.52. The van der Waals surface area contributed by atoms with Gasteiger partial charge in [0.05, 0.1) is 14.2 Å². The summed E-state index contributed by atoms with van der Waals surface area (Å²) in [7, 11) is 3.18. The molecule has 0 aliphatic heterocycles. The Hall–Kier alpha value is -2.24. The van der Waals surface area contributed by atoms with E-state index in [1.807, 2.05) is 18.2 Å². The highest BCUT2D eigenvalue weighted by atomic mass is 16.5. The first kappa shape index (κ1) is 14.7. The van der Waals surface area contributed by atoms with Crippen molar-refractivity contribution >= 4 is 11.9 Å². The lowest BCUT2D eigenvalue weighted by Crippen LogP contribution is -2.43. The van der Waals surface area contributed by atoms with E-state index in [1.54, 1.807) is 14.2 Å². The molecule has 1 aromatic rings. The molecular formula is C16H19NO5. The summed E-state index contributed by atoms with van der Waals surface area (Å²) in [6.07, 6.45) is 1.72. The van der Waals surface area contributed by atoms with E-state index in [1.165, 1.54) is 0 Å². The monoisotopic (exact) mass is 305 g/mol. The van der Waals surface area contributed by atoms with E-state index in [0.717, 1.165) is 11.3 Å². The molecule has 1 aromatic carbocycles. The van der Waals surface area contributed by atoms with Crippen LogP contribution in [0.1, 0.15) is 30.7 Å². The van der Waals surface area contributed by atoms with E-state index in [9.17, 15) is 9.59 Å². The molecule has 1 amide bonds. The molecule has 0 aromatic heterocycles. The van der Waals surface area contributed by atoms with Crippen LogP contribution >= 0.6 is 0 Å². The molecular weight excluding hydrogens is 286 g/mol. The maximum atomic E-state index is 12.3. The zero-order valence-electron chi connectivity index (χ0n) is 12.6. The number of benzene rings is 1. The predicted molar refractivity (Wildman–Crippen MR) is 78.1 cm³/mol. The molecule has 2 saturated carbocycles. The van der Waals surface area contributed by atoms with Gasteiger partial charge in [0.2, 0.25) is 5.91 Å². The van der Waals surface area contributed by atoms with E-state index < -0.39 is 11.5 Å². The van der Waals surface area contributed by atoms with E-state index in [2.05, 4.69) is 5.32 Å². The van der Waals surface area contributed by atoms with Gasteiger partial charge in [-0.05, 0) is 37.5 Å². The van der Waals surface area contributed by atoms with Crippen molar-refractivity contribution in [3.8, 4) is 11.5 Å². The van der Waals surface area contributed by atoms with Gasteiger partial charge in [0.25, 0.3) is 0 Å². The molecule has 0 saturated heterocycles. The first-order valence-electron chi connectivity index (χ1n) is 7.28. The van der Waals surface area contributed by atoms with E-state index >= 15 is 0 Å². The molecule has 0 heterocycles. The van der Waals surface area contributed by atoms with Gasteiger partial charge >= 0.3 is 5.97 Å². The number of rotatable bonds is 6. The zero-order chi connectivity index (χ0) is 15.9. The van der Waals surface area contributed by atoms with Crippen LogP contribution in [0.25, 0.3) is 0 Å². The summed E-state index contributed by atoms with van der Waals surface area (Å²) in [5.41, 5.74) is -0.0925. The third-order valence-electron chi connectivity index (χ3n) is 4.49. The van der Waals surface area contributed by atoms with Crippen molar-refractivity contribution < 1.29 is 24.2 Å². The molecule has 2 aliphatic rings. The molecule has 2 aliphatic carbocycles. The average molecular weight is 305 g/mol. The molecule has 6 nitrogen and oxygen atoms in total. The standard InChI is InChI=1S/C16H19NO5/c1-21-9-3-4-13(22-2)11(7-9)10-8-12(10)14(18)17-16(5-6-16)15(19)20/h3-4,7,10,12H,5-6,8H2,1-2H3,(H,17,18)(H,19,20). The molecule has 2 N–H and O–H groups in total. The number of carbonyl (C=O) groups excluding carboxylic acids is 1. The minimum absolute atomic E-state index is 0.0506. The second kappa shape index (κ2) is 5.19. The van der Waals surface area contributed by atoms with Gasteiger partial charge in [-0.2, -0.15) is 0 Å². The summed E-state index contributed by atoms with van der Waals surface area (Å²) < 4.78 is 10.6. The number of hydrogen-bond donors (Lipinski definition) is 2. The summed E-state index contributed by atoms with van der Waals surface area (Å²) in [4.78, 5) is 23.4. The topological polar surface area (TPSA) is 84.9 Å². The fourth-order valence-electron chi connectivity index (χ4n) is 2.80. The number of nitrogens with one attached hydrogen (secondary N) is 1. The van der Waals surface area contributed by atoms with Gasteiger partial charge in [-0.1, -0.05) is 0 Å². The SMILES string of the molecule is COc1ccc(OC)c(C2CC2C(=O)NC2(C(=O)O)CC2)c1. The van der Waals surface area contributed by atoms with Crippen LogP contribution in [0.2, 0.25) is 0 Å². The molecule has 2 unspecified atom stereocenters. The Labute approximate surface area is 128 Å². The predicted octanol–water partition coefficient (Wildman–Crippen LogP) is 1.54. The van der Waals surface area contributed by atoms with Gasteiger partial charge in [-0.15, -0.1) is 0 Å². The molecule has 22 heavy (non-hydrogen) atoms. The fraction of sp³-hybridized carbons (Fsp3) is 0.500. The number of aliphatic carboxylic acids is 1. The van der Waals surface area contributed by atoms with Crippen LogP contribution in [-0.2, 0) is 9.59 Å². The summed E-state index contributed by atoms with van der Waals surface area (Å²) in [6.45, 7) is 0. The summed E-state index contributed by atoms with van der Waals surface area (Å²) >= 11 is 0. The third kappa shape index (κ3) is 2.49. The van der Waals surface area contributed by atoms with E-state index in [-0.39, 0.29) is 17.7 Å². The number of carboxylic acid groups (broad SMARTS) is 1. The molecule has 3 rings (SSSR count). The molecule has 118 valence electrons. The quantitative estimate of drug-likeness (QED) is 0.833. The Morgan fingerprint density at radius 1 is 1.27 bits per heavy atom. The van der Waals surface area contributed by atoms with Gasteiger partial charge in [-0.25, -0.2) is 4.79 Å². The second-order valence-electron chi connectivity index (χ2n) is 5.93. The Kier molecular flexibility index (Phi) is 3.47. The summed E-state index contributed by atoms with van der Waals surface area (Å²) in [5, 5.41) is 11.8. The third-order valence-corrected chi connectivity index (χ3v) is 4.49. The van der Waals surface area contributed by atoms with Gasteiger partial charge in [-0.3, -0.25) is 4.79 Å². The largest absolute Gasteiger partial charge is 0.497 e. The molecule has 2 fully saturated rings. The van der Waals surface area contributed by atoms with E-state index in [0.29, 0.717) is 25.0 Å². The molecule has 6 heteroatoms. The normalized spacial score (nSPS) is 24.3. The van der Waals surface area contributed by atoms with Crippen molar-refractivity contribution in [2.24, 2.45) is 5.92 Å². The van der Waals surface area contributed by atoms with Gasteiger partial charge in [0, 0.05) is 17.4 Å². The minimum Gasteiger partial charge on any atom is -0.497 e.